The number of nitrogens with one attached hydrogen (secondary N) is 1. The molecular formula is C15H12Br2ClNO. The van der Waals surface area contributed by atoms with Crippen LogP contribution in [0.1, 0.15) is 28.9 Å². The van der Waals surface area contributed by atoms with Gasteiger partial charge in [-0.15, -0.1) is 0 Å². The van der Waals surface area contributed by atoms with Crippen molar-refractivity contribution < 1.29 is 4.79 Å². The van der Waals surface area contributed by atoms with Gasteiger partial charge < -0.3 is 5.32 Å². The smallest absolute Gasteiger partial charge is 0.251 e. The molecule has 20 heavy (non-hydrogen) atoms. The van der Waals surface area contributed by atoms with Gasteiger partial charge in [-0.2, -0.15) is 0 Å². The van der Waals surface area contributed by atoms with E-state index in [1.165, 1.54) is 0 Å². The fourth-order valence-electron chi connectivity index (χ4n) is 1.82. The molecule has 0 saturated heterocycles. The molecule has 0 radical (unpaired) electrons. The van der Waals surface area contributed by atoms with Gasteiger partial charge in [-0.3, -0.25) is 4.79 Å². The Morgan fingerprint density at radius 3 is 2.50 bits per heavy atom. The summed E-state index contributed by atoms with van der Waals surface area (Å²) in [4.78, 5) is 12.2. The van der Waals surface area contributed by atoms with E-state index < -0.39 is 0 Å². The fourth-order valence-corrected chi connectivity index (χ4v) is 2.88. The molecule has 0 aromatic heterocycles. The monoisotopic (exact) mass is 415 g/mol. The second kappa shape index (κ2) is 6.74. The van der Waals surface area contributed by atoms with Gasteiger partial charge in [-0.1, -0.05) is 45.7 Å². The molecule has 1 amide bonds. The summed E-state index contributed by atoms with van der Waals surface area (Å²) < 4.78 is 1.75. The van der Waals surface area contributed by atoms with E-state index in [9.17, 15) is 4.79 Å². The van der Waals surface area contributed by atoms with Crippen molar-refractivity contribution in [3.63, 3.8) is 0 Å². The maximum atomic E-state index is 12.2. The Kier molecular flexibility index (Phi) is 5.24. The van der Waals surface area contributed by atoms with E-state index in [1.54, 1.807) is 18.2 Å². The van der Waals surface area contributed by atoms with Crippen molar-refractivity contribution in [2.45, 2.75) is 13.0 Å². The third-order valence-corrected chi connectivity index (χ3v) is 4.86. The number of halogens is 3. The first-order chi connectivity index (χ1) is 9.49. The van der Waals surface area contributed by atoms with E-state index >= 15 is 0 Å². The molecule has 1 atom stereocenters. The van der Waals surface area contributed by atoms with Crippen molar-refractivity contribution in [2.24, 2.45) is 0 Å². The maximum Gasteiger partial charge on any atom is 0.251 e. The van der Waals surface area contributed by atoms with Crippen molar-refractivity contribution >= 4 is 49.4 Å². The molecule has 0 fully saturated rings. The van der Waals surface area contributed by atoms with E-state index in [2.05, 4.69) is 37.2 Å². The third-order valence-electron chi connectivity index (χ3n) is 2.90. The van der Waals surface area contributed by atoms with Gasteiger partial charge in [0.05, 0.1) is 11.1 Å². The van der Waals surface area contributed by atoms with Crippen LogP contribution in [0.2, 0.25) is 5.02 Å². The van der Waals surface area contributed by atoms with Crippen LogP contribution in [0.15, 0.2) is 51.4 Å². The second-order valence-corrected chi connectivity index (χ2v) is 6.46. The average molecular weight is 418 g/mol. The number of hydrogen-bond acceptors (Lipinski definition) is 1. The largest absolute Gasteiger partial charge is 0.345 e. The summed E-state index contributed by atoms with van der Waals surface area (Å²) in [6.45, 7) is 1.94. The van der Waals surface area contributed by atoms with Gasteiger partial charge in [0.25, 0.3) is 5.91 Å². The SMILES string of the molecule is CC(NC(=O)c1ccc(Br)c(Cl)c1)c1ccccc1Br. The predicted octanol–water partition coefficient (Wildman–Crippen LogP) is 5.36. The molecule has 1 unspecified atom stereocenters. The summed E-state index contributed by atoms with van der Waals surface area (Å²) in [5, 5.41) is 3.48. The van der Waals surface area contributed by atoms with Crippen LogP contribution in [0.3, 0.4) is 0 Å². The Morgan fingerprint density at radius 1 is 1.15 bits per heavy atom. The maximum absolute atomic E-state index is 12.2. The first-order valence-electron chi connectivity index (χ1n) is 5.99. The normalized spacial score (nSPS) is 12.0. The third kappa shape index (κ3) is 3.62. The highest BCUT2D eigenvalue weighted by atomic mass is 79.9. The number of carbonyl (C=O) groups is 1. The van der Waals surface area contributed by atoms with Crippen LogP contribution in [0.5, 0.6) is 0 Å². The van der Waals surface area contributed by atoms with Crippen molar-refractivity contribution in [1.82, 2.24) is 5.32 Å². The van der Waals surface area contributed by atoms with Gasteiger partial charge in [0.1, 0.15) is 0 Å². The molecule has 2 nitrogen and oxygen atoms in total. The van der Waals surface area contributed by atoms with Gasteiger partial charge in [0.2, 0.25) is 0 Å². The zero-order valence-corrected chi connectivity index (χ0v) is 14.6. The Morgan fingerprint density at radius 2 is 1.85 bits per heavy atom. The van der Waals surface area contributed by atoms with E-state index in [4.69, 9.17) is 11.6 Å². The topological polar surface area (TPSA) is 29.1 Å². The zero-order valence-electron chi connectivity index (χ0n) is 10.7. The minimum absolute atomic E-state index is 0.0968. The Balaban J connectivity index is 2.15. The first-order valence-corrected chi connectivity index (χ1v) is 7.96. The highest BCUT2D eigenvalue weighted by Crippen LogP contribution is 2.25. The quantitative estimate of drug-likeness (QED) is 0.716. The molecule has 2 rings (SSSR count). The molecule has 0 aliphatic rings. The summed E-state index contributed by atoms with van der Waals surface area (Å²) in [5.74, 6) is -0.150. The lowest BCUT2D eigenvalue weighted by Gasteiger charge is -2.16. The zero-order chi connectivity index (χ0) is 14.7. The van der Waals surface area contributed by atoms with Gasteiger partial charge in [-0.25, -0.2) is 0 Å². The molecular weight excluding hydrogens is 405 g/mol. The summed E-state index contributed by atoms with van der Waals surface area (Å²) in [6, 6.07) is 12.9. The fraction of sp³-hybridized carbons (Fsp3) is 0.133. The van der Waals surface area contributed by atoms with Crippen molar-refractivity contribution in [3.05, 3.63) is 67.6 Å². The van der Waals surface area contributed by atoms with Crippen molar-refractivity contribution in [3.8, 4) is 0 Å². The molecule has 2 aromatic rings. The van der Waals surface area contributed by atoms with Crippen molar-refractivity contribution in [1.29, 1.82) is 0 Å². The van der Waals surface area contributed by atoms with Gasteiger partial charge in [0.15, 0.2) is 0 Å². The molecule has 0 bridgehead atoms. The minimum Gasteiger partial charge on any atom is -0.345 e. The summed E-state index contributed by atoms with van der Waals surface area (Å²) in [5.41, 5.74) is 1.57. The number of rotatable bonds is 3. The van der Waals surface area contributed by atoms with Crippen LogP contribution in [0.4, 0.5) is 0 Å². The number of benzene rings is 2. The predicted molar refractivity (Wildman–Crippen MR) is 89.2 cm³/mol. The van der Waals surface area contributed by atoms with Gasteiger partial charge in [-0.05, 0) is 52.7 Å². The van der Waals surface area contributed by atoms with Crippen LogP contribution in [-0.4, -0.2) is 5.91 Å². The molecule has 0 saturated carbocycles. The lowest BCUT2D eigenvalue weighted by atomic mass is 10.1. The summed E-state index contributed by atoms with van der Waals surface area (Å²) in [6.07, 6.45) is 0. The summed E-state index contributed by atoms with van der Waals surface area (Å²) in [7, 11) is 0. The molecule has 0 aliphatic carbocycles. The molecule has 104 valence electrons. The highest BCUT2D eigenvalue weighted by Gasteiger charge is 2.14. The molecule has 0 spiro atoms. The van der Waals surface area contributed by atoms with E-state index in [-0.39, 0.29) is 11.9 Å². The molecule has 2 aromatic carbocycles. The lowest BCUT2D eigenvalue weighted by Crippen LogP contribution is -2.26. The average Bonchev–Trinajstić information content (AvgIpc) is 2.42. The van der Waals surface area contributed by atoms with Crippen LogP contribution in [-0.2, 0) is 0 Å². The van der Waals surface area contributed by atoms with Gasteiger partial charge in [0, 0.05) is 14.5 Å². The van der Waals surface area contributed by atoms with E-state index in [0.717, 1.165) is 14.5 Å². The minimum atomic E-state index is -0.150. The number of carbonyl (C=O) groups excluding carboxylic acids is 1. The first kappa shape index (κ1) is 15.5. The van der Waals surface area contributed by atoms with E-state index in [1.807, 2.05) is 31.2 Å². The Hall–Kier alpha value is -0.840. The standard InChI is InChI=1S/C15H12Br2ClNO/c1-9(11-4-2-3-5-12(11)16)19-15(20)10-6-7-13(17)14(18)8-10/h2-9H,1H3,(H,19,20). The highest BCUT2D eigenvalue weighted by molar-refractivity contribution is 9.10. The van der Waals surface area contributed by atoms with Crippen LogP contribution >= 0.6 is 43.5 Å². The molecule has 1 N–H and O–H groups in total. The van der Waals surface area contributed by atoms with Crippen LogP contribution in [0, 0.1) is 0 Å². The molecule has 0 heterocycles. The lowest BCUT2D eigenvalue weighted by molar-refractivity contribution is 0.0940. The number of amides is 1. The van der Waals surface area contributed by atoms with Crippen molar-refractivity contribution in [2.75, 3.05) is 0 Å². The Bertz CT molecular complexity index is 646. The van der Waals surface area contributed by atoms with Crippen LogP contribution < -0.4 is 5.32 Å². The Labute approximate surface area is 139 Å². The molecule has 5 heteroatoms. The second-order valence-electron chi connectivity index (χ2n) is 4.35. The molecule has 0 aliphatic heterocycles. The van der Waals surface area contributed by atoms with Gasteiger partial charge >= 0.3 is 0 Å². The number of hydrogen-bond donors (Lipinski definition) is 1. The van der Waals surface area contributed by atoms with Crippen LogP contribution in [0.25, 0.3) is 0 Å². The summed E-state index contributed by atoms with van der Waals surface area (Å²) >= 11 is 12.8. The van der Waals surface area contributed by atoms with E-state index in [0.29, 0.717) is 10.6 Å².